The monoisotopic (exact) mass is 975 g/mol. The number of aromatic nitrogens is 6. The van der Waals surface area contributed by atoms with Gasteiger partial charge in [-0.15, -0.1) is 34.8 Å². The van der Waals surface area contributed by atoms with E-state index in [4.69, 9.17) is 15.0 Å². The number of benzene rings is 7. The minimum absolute atomic E-state index is 0. The van der Waals surface area contributed by atoms with Crippen molar-refractivity contribution in [2.45, 2.75) is 13.8 Å². The van der Waals surface area contributed by atoms with Crippen molar-refractivity contribution < 1.29 is 21.1 Å². The van der Waals surface area contributed by atoms with Crippen LogP contribution < -0.4 is 4.98 Å². The molecular weight excluding hydrogens is 940 g/mol. The summed E-state index contributed by atoms with van der Waals surface area (Å²) < 4.78 is 4.56. The summed E-state index contributed by atoms with van der Waals surface area (Å²) >= 11 is 0. The van der Waals surface area contributed by atoms with Gasteiger partial charge in [-0.1, -0.05) is 114 Å². The molecule has 0 spiro atoms. The van der Waals surface area contributed by atoms with E-state index in [0.717, 1.165) is 94.4 Å². The van der Waals surface area contributed by atoms with E-state index in [0.29, 0.717) is 0 Å². The van der Waals surface area contributed by atoms with Crippen LogP contribution in [0, 0.1) is 19.9 Å². The first-order valence-electron chi connectivity index (χ1n) is 20.6. The fraction of sp³-hybridized carbons (Fsp3) is 0.0364. The van der Waals surface area contributed by atoms with Crippen LogP contribution in [0.25, 0.3) is 111 Å². The molecule has 0 bridgehead atoms. The summed E-state index contributed by atoms with van der Waals surface area (Å²) in [6, 6.07) is 61.5. The molecule has 62 heavy (non-hydrogen) atoms. The first kappa shape index (κ1) is 37.6. The molecule has 0 aliphatic carbocycles. The smallest absolute Gasteiger partial charge is 0.656 e. The maximum absolute atomic E-state index is 5.61. The van der Waals surface area contributed by atoms with Gasteiger partial charge in [0.1, 0.15) is 11.6 Å². The van der Waals surface area contributed by atoms with Gasteiger partial charge in [0.05, 0.1) is 11.0 Å². The Bertz CT molecular complexity index is 3660. The zero-order valence-electron chi connectivity index (χ0n) is 33.8. The quantitative estimate of drug-likeness (QED) is 0.156. The Kier molecular flexibility index (Phi) is 9.06. The van der Waals surface area contributed by atoms with E-state index in [1.165, 1.54) is 27.6 Å². The number of pyridine rings is 2. The fourth-order valence-electron chi connectivity index (χ4n) is 9.50. The van der Waals surface area contributed by atoms with E-state index in [1.807, 2.05) is 48.9 Å². The summed E-state index contributed by atoms with van der Waals surface area (Å²) in [5.74, 6) is 1.68. The van der Waals surface area contributed by atoms with Crippen molar-refractivity contribution in [2.75, 3.05) is 0 Å². The van der Waals surface area contributed by atoms with Crippen molar-refractivity contribution in [1.82, 2.24) is 29.1 Å². The van der Waals surface area contributed by atoms with Crippen molar-refractivity contribution in [1.29, 1.82) is 0 Å². The van der Waals surface area contributed by atoms with E-state index in [-0.39, 0.29) is 21.1 Å². The molecule has 0 N–H and O–H groups in total. The van der Waals surface area contributed by atoms with Gasteiger partial charge in [0, 0.05) is 35.4 Å². The van der Waals surface area contributed by atoms with Gasteiger partial charge >= 0.3 is 21.1 Å². The number of fused-ring (bicyclic) bond motifs is 7. The SMILES string of the molecule is Cc1cc2c(c(C)c1-c1ccccc1)c1ccc(-c3cccc4c3nc(-c3cccc5c3[n-]c3ccccc35)n4-c3cccc(-c4ccncc4)c3)[c-]c1n2-c1ccccn1.[Pt+2]. The van der Waals surface area contributed by atoms with Crippen molar-refractivity contribution in [3.05, 3.63) is 200 Å². The zero-order valence-corrected chi connectivity index (χ0v) is 36.1. The van der Waals surface area contributed by atoms with E-state index in [9.17, 15) is 0 Å². The maximum Gasteiger partial charge on any atom is 2.00 e. The van der Waals surface area contributed by atoms with Crippen LogP contribution in [0.5, 0.6) is 0 Å². The first-order chi connectivity index (χ1) is 30.1. The largest absolute Gasteiger partial charge is 2.00 e. The van der Waals surface area contributed by atoms with Gasteiger partial charge in [0.25, 0.3) is 0 Å². The molecule has 0 saturated carbocycles. The average Bonchev–Trinajstić information content (AvgIpc) is 4.00. The Morgan fingerprint density at radius 3 is 2.18 bits per heavy atom. The van der Waals surface area contributed by atoms with E-state index in [1.54, 1.807) is 0 Å². The molecule has 7 aromatic carbocycles. The van der Waals surface area contributed by atoms with E-state index < -0.39 is 0 Å². The molecule has 0 unspecified atom stereocenters. The predicted octanol–water partition coefficient (Wildman–Crippen LogP) is 13.3. The molecule has 0 atom stereocenters. The van der Waals surface area contributed by atoms with Crippen LogP contribution in [0.2, 0.25) is 0 Å². The van der Waals surface area contributed by atoms with Crippen LogP contribution >= 0.6 is 0 Å². The topological polar surface area (TPSA) is 62.6 Å². The molecule has 6 nitrogen and oxygen atoms in total. The molecule has 12 rings (SSSR count). The van der Waals surface area contributed by atoms with Crippen molar-refractivity contribution in [3.8, 4) is 56.3 Å². The van der Waals surface area contributed by atoms with Gasteiger partial charge in [-0.2, -0.15) is 0 Å². The Labute approximate surface area is 372 Å². The maximum atomic E-state index is 5.61. The first-order valence-corrected chi connectivity index (χ1v) is 20.6. The van der Waals surface area contributed by atoms with Crippen LogP contribution in [-0.4, -0.2) is 24.1 Å². The number of para-hydroxylation sites is 3. The summed E-state index contributed by atoms with van der Waals surface area (Å²) in [5.41, 5.74) is 16.9. The predicted molar refractivity (Wildman–Crippen MR) is 249 cm³/mol. The summed E-state index contributed by atoms with van der Waals surface area (Å²) in [4.78, 5) is 20.0. The molecule has 0 aliphatic rings. The molecular formula is C55H36N6Pt. The number of nitrogens with zero attached hydrogens (tertiary/aromatic N) is 6. The molecule has 5 aromatic heterocycles. The van der Waals surface area contributed by atoms with Crippen molar-refractivity contribution in [2.24, 2.45) is 0 Å². The standard InChI is InChI=1S/C55H36N6.Pt/c1-34-31-49-52(35(2)51(34)37-13-4-3-5-14-37)44-25-24-39(33-48(44)61(49)50-23-8-9-28-57-50)41-18-12-22-47-54(41)59-55(45-20-11-19-43-42-17-6-7-21-46(42)58-53(43)45)60(47)40-16-10-15-38(32-40)36-26-29-56-30-27-36;/h3-32H,1-2H3;/q-2;+2. The van der Waals surface area contributed by atoms with Gasteiger partial charge in [-0.05, 0) is 117 Å². The average molecular weight is 976 g/mol. The van der Waals surface area contributed by atoms with Gasteiger partial charge in [0.15, 0.2) is 0 Å². The van der Waals surface area contributed by atoms with Crippen LogP contribution in [-0.2, 0) is 21.1 Å². The third-order valence-electron chi connectivity index (χ3n) is 12.1. The fourth-order valence-corrected chi connectivity index (χ4v) is 9.50. The van der Waals surface area contributed by atoms with Gasteiger partial charge in [-0.3, -0.25) is 9.55 Å². The van der Waals surface area contributed by atoms with E-state index >= 15 is 0 Å². The third kappa shape index (κ3) is 5.86. The summed E-state index contributed by atoms with van der Waals surface area (Å²) in [5, 5.41) is 4.58. The normalized spacial score (nSPS) is 11.6. The molecule has 296 valence electrons. The van der Waals surface area contributed by atoms with Crippen LogP contribution in [0.1, 0.15) is 11.1 Å². The molecule has 0 radical (unpaired) electrons. The minimum Gasteiger partial charge on any atom is -0.656 e. The molecule has 0 aliphatic heterocycles. The summed E-state index contributed by atoms with van der Waals surface area (Å²) in [7, 11) is 0. The van der Waals surface area contributed by atoms with Gasteiger partial charge < -0.3 is 9.55 Å². The second-order valence-corrected chi connectivity index (χ2v) is 15.7. The van der Waals surface area contributed by atoms with Crippen LogP contribution in [0.3, 0.4) is 0 Å². The third-order valence-corrected chi connectivity index (χ3v) is 12.1. The Morgan fingerprint density at radius 1 is 0.565 bits per heavy atom. The van der Waals surface area contributed by atoms with Crippen LogP contribution in [0.4, 0.5) is 0 Å². The molecule has 7 heteroatoms. The zero-order chi connectivity index (χ0) is 40.6. The number of aryl methyl sites for hydroxylation is 2. The van der Waals surface area contributed by atoms with E-state index in [2.05, 4.69) is 167 Å². The second kappa shape index (κ2) is 14.9. The molecule has 5 heterocycles. The summed E-state index contributed by atoms with van der Waals surface area (Å²) in [6.45, 7) is 4.46. The Balaban J connectivity index is 0.00000432. The molecule has 12 aromatic rings. The Morgan fingerprint density at radius 2 is 1.32 bits per heavy atom. The molecule has 0 saturated heterocycles. The molecule has 0 amide bonds. The number of imidazole rings is 1. The van der Waals surface area contributed by atoms with Crippen molar-refractivity contribution >= 4 is 54.6 Å². The van der Waals surface area contributed by atoms with Crippen molar-refractivity contribution in [3.63, 3.8) is 0 Å². The molecule has 0 fully saturated rings. The second-order valence-electron chi connectivity index (χ2n) is 15.7. The van der Waals surface area contributed by atoms with Gasteiger partial charge in [0.2, 0.25) is 0 Å². The number of rotatable bonds is 6. The Hall–Kier alpha value is -7.40. The number of hydrogen-bond acceptors (Lipinski definition) is 3. The summed E-state index contributed by atoms with van der Waals surface area (Å²) in [6.07, 6.45) is 5.53. The van der Waals surface area contributed by atoms with Gasteiger partial charge in [-0.25, -0.2) is 9.97 Å². The minimum atomic E-state index is 0. The number of hydrogen-bond donors (Lipinski definition) is 0. The van der Waals surface area contributed by atoms with Crippen LogP contribution in [0.15, 0.2) is 182 Å².